The fourth-order valence-corrected chi connectivity index (χ4v) is 2.47. The quantitative estimate of drug-likeness (QED) is 0.716. The van der Waals surface area contributed by atoms with Crippen molar-refractivity contribution in [2.24, 2.45) is 0 Å². The molecule has 0 aliphatic rings. The van der Waals surface area contributed by atoms with E-state index in [9.17, 15) is 4.79 Å². The maximum atomic E-state index is 12.3. The number of hydrogen-bond acceptors (Lipinski definition) is 1. The first kappa shape index (κ1) is 12.9. The highest BCUT2D eigenvalue weighted by Gasteiger charge is 2.08. The molecule has 3 heteroatoms. The van der Waals surface area contributed by atoms with Crippen molar-refractivity contribution in [3.63, 3.8) is 0 Å². The van der Waals surface area contributed by atoms with Crippen LogP contribution >= 0.6 is 15.9 Å². The van der Waals surface area contributed by atoms with Gasteiger partial charge in [0.2, 0.25) is 0 Å². The molecule has 0 fully saturated rings. The summed E-state index contributed by atoms with van der Waals surface area (Å²) in [5.74, 6) is -0.109. The molecule has 3 aromatic carbocycles. The molecule has 0 unspecified atom stereocenters. The Hall–Kier alpha value is -2.13. The highest BCUT2D eigenvalue weighted by molar-refractivity contribution is 9.10. The van der Waals surface area contributed by atoms with Crippen LogP contribution in [-0.2, 0) is 0 Å². The van der Waals surface area contributed by atoms with Gasteiger partial charge in [0, 0.05) is 10.0 Å². The lowest BCUT2D eigenvalue weighted by Crippen LogP contribution is -2.12. The Morgan fingerprint density at radius 2 is 1.55 bits per heavy atom. The molecule has 1 N–H and O–H groups in total. The maximum absolute atomic E-state index is 12.3. The van der Waals surface area contributed by atoms with E-state index >= 15 is 0 Å². The summed E-state index contributed by atoms with van der Waals surface area (Å²) >= 11 is 3.42. The summed E-state index contributed by atoms with van der Waals surface area (Å²) in [4.78, 5) is 12.3. The van der Waals surface area contributed by atoms with Crippen molar-refractivity contribution in [3.8, 4) is 0 Å². The summed E-state index contributed by atoms with van der Waals surface area (Å²) in [6.07, 6.45) is 0. The summed E-state index contributed by atoms with van der Waals surface area (Å²) in [6.45, 7) is 0. The van der Waals surface area contributed by atoms with E-state index in [1.54, 1.807) is 0 Å². The smallest absolute Gasteiger partial charge is 0.255 e. The predicted octanol–water partition coefficient (Wildman–Crippen LogP) is 4.85. The number of benzene rings is 3. The summed E-state index contributed by atoms with van der Waals surface area (Å²) < 4.78 is 0.870. The third-order valence-electron chi connectivity index (χ3n) is 3.13. The van der Waals surface area contributed by atoms with Crippen molar-refractivity contribution >= 4 is 38.3 Å². The average Bonchev–Trinajstić information content (AvgIpc) is 2.49. The normalized spacial score (nSPS) is 10.4. The molecule has 0 bridgehead atoms. The summed E-state index contributed by atoms with van der Waals surface area (Å²) in [5, 5.41) is 5.10. The van der Waals surface area contributed by atoms with Crippen molar-refractivity contribution in [1.82, 2.24) is 0 Å². The summed E-state index contributed by atoms with van der Waals surface area (Å²) in [7, 11) is 0. The van der Waals surface area contributed by atoms with Gasteiger partial charge in [-0.25, -0.2) is 0 Å². The number of nitrogens with one attached hydrogen (secondary N) is 1. The lowest BCUT2D eigenvalue weighted by Gasteiger charge is -2.08. The van der Waals surface area contributed by atoms with Gasteiger partial charge in [0.15, 0.2) is 0 Å². The lowest BCUT2D eigenvalue weighted by molar-refractivity contribution is 0.102. The molecule has 3 rings (SSSR count). The van der Waals surface area contributed by atoms with Crippen LogP contribution in [0, 0.1) is 0 Å². The van der Waals surface area contributed by atoms with E-state index in [2.05, 4.69) is 21.2 Å². The van der Waals surface area contributed by atoms with Crippen molar-refractivity contribution in [1.29, 1.82) is 0 Å². The molecule has 0 saturated carbocycles. The van der Waals surface area contributed by atoms with Crippen LogP contribution in [0.15, 0.2) is 71.2 Å². The molecule has 0 aromatic heterocycles. The van der Waals surface area contributed by atoms with Crippen LogP contribution in [0.5, 0.6) is 0 Å². The Bertz CT molecular complexity index is 783. The van der Waals surface area contributed by atoms with Gasteiger partial charge in [-0.05, 0) is 51.0 Å². The second-order valence-corrected chi connectivity index (χ2v) is 5.35. The van der Waals surface area contributed by atoms with E-state index < -0.39 is 0 Å². The Morgan fingerprint density at radius 1 is 0.850 bits per heavy atom. The van der Waals surface area contributed by atoms with Crippen LogP contribution in [0.25, 0.3) is 10.8 Å². The van der Waals surface area contributed by atoms with Crippen LogP contribution in [0.1, 0.15) is 10.4 Å². The van der Waals surface area contributed by atoms with Gasteiger partial charge in [0.1, 0.15) is 0 Å². The maximum Gasteiger partial charge on any atom is 0.255 e. The number of carbonyl (C=O) groups is 1. The number of carbonyl (C=O) groups excluding carboxylic acids is 1. The minimum Gasteiger partial charge on any atom is -0.321 e. The minimum absolute atomic E-state index is 0.109. The standard InChI is InChI=1S/C17H12BrNO/c18-15-7-3-4-8-16(15)19-17(20)14-10-9-12-5-1-2-6-13(12)11-14/h1-11H,(H,19,20). The molecular weight excluding hydrogens is 314 g/mol. The molecule has 98 valence electrons. The van der Waals surface area contributed by atoms with E-state index in [0.717, 1.165) is 20.9 Å². The first-order valence-corrected chi connectivity index (χ1v) is 7.08. The molecular formula is C17H12BrNO. The van der Waals surface area contributed by atoms with Gasteiger partial charge in [-0.15, -0.1) is 0 Å². The topological polar surface area (TPSA) is 29.1 Å². The lowest BCUT2D eigenvalue weighted by atomic mass is 10.1. The number of hydrogen-bond donors (Lipinski definition) is 1. The Balaban J connectivity index is 1.91. The number of para-hydroxylation sites is 1. The van der Waals surface area contributed by atoms with Crippen LogP contribution in [-0.4, -0.2) is 5.91 Å². The zero-order chi connectivity index (χ0) is 13.9. The van der Waals surface area contributed by atoms with E-state index in [0.29, 0.717) is 5.56 Å². The van der Waals surface area contributed by atoms with E-state index in [4.69, 9.17) is 0 Å². The number of amides is 1. The molecule has 2 nitrogen and oxygen atoms in total. The summed E-state index contributed by atoms with van der Waals surface area (Å²) in [6, 6.07) is 21.3. The molecule has 0 heterocycles. The van der Waals surface area contributed by atoms with E-state index in [-0.39, 0.29) is 5.91 Å². The fraction of sp³-hybridized carbons (Fsp3) is 0. The molecule has 1 amide bonds. The summed E-state index contributed by atoms with van der Waals surface area (Å²) in [5.41, 5.74) is 1.42. The van der Waals surface area contributed by atoms with Crippen molar-refractivity contribution in [2.45, 2.75) is 0 Å². The van der Waals surface area contributed by atoms with Gasteiger partial charge in [-0.2, -0.15) is 0 Å². The predicted molar refractivity (Wildman–Crippen MR) is 86.0 cm³/mol. The first-order chi connectivity index (χ1) is 9.74. The highest BCUT2D eigenvalue weighted by Crippen LogP contribution is 2.22. The average molecular weight is 326 g/mol. The second-order valence-electron chi connectivity index (χ2n) is 4.50. The van der Waals surface area contributed by atoms with Crippen LogP contribution < -0.4 is 5.32 Å². The van der Waals surface area contributed by atoms with Crippen molar-refractivity contribution in [3.05, 3.63) is 76.8 Å². The number of fused-ring (bicyclic) bond motifs is 1. The third-order valence-corrected chi connectivity index (χ3v) is 3.83. The van der Waals surface area contributed by atoms with E-state index in [1.165, 1.54) is 0 Å². The molecule has 0 aliphatic carbocycles. The Kier molecular flexibility index (Phi) is 3.52. The molecule has 20 heavy (non-hydrogen) atoms. The SMILES string of the molecule is O=C(Nc1ccccc1Br)c1ccc2ccccc2c1. The zero-order valence-corrected chi connectivity index (χ0v) is 12.2. The minimum atomic E-state index is -0.109. The Morgan fingerprint density at radius 3 is 2.35 bits per heavy atom. The molecule has 0 radical (unpaired) electrons. The van der Waals surface area contributed by atoms with Gasteiger partial charge < -0.3 is 5.32 Å². The first-order valence-electron chi connectivity index (χ1n) is 6.29. The van der Waals surface area contributed by atoms with Crippen LogP contribution in [0.4, 0.5) is 5.69 Å². The van der Waals surface area contributed by atoms with Gasteiger partial charge in [0.25, 0.3) is 5.91 Å². The second kappa shape index (κ2) is 5.47. The fourth-order valence-electron chi connectivity index (χ4n) is 2.09. The number of rotatable bonds is 2. The van der Waals surface area contributed by atoms with Crippen LogP contribution in [0.2, 0.25) is 0 Å². The monoisotopic (exact) mass is 325 g/mol. The van der Waals surface area contributed by atoms with Crippen LogP contribution in [0.3, 0.4) is 0 Å². The van der Waals surface area contributed by atoms with Crippen molar-refractivity contribution < 1.29 is 4.79 Å². The van der Waals surface area contributed by atoms with Gasteiger partial charge in [0.05, 0.1) is 5.69 Å². The van der Waals surface area contributed by atoms with Gasteiger partial charge in [-0.1, -0.05) is 42.5 Å². The zero-order valence-electron chi connectivity index (χ0n) is 10.6. The van der Waals surface area contributed by atoms with Gasteiger partial charge >= 0.3 is 0 Å². The van der Waals surface area contributed by atoms with E-state index in [1.807, 2.05) is 66.7 Å². The number of halogens is 1. The molecule has 0 saturated heterocycles. The molecule has 3 aromatic rings. The third kappa shape index (κ3) is 2.58. The highest BCUT2D eigenvalue weighted by atomic mass is 79.9. The molecule has 0 aliphatic heterocycles. The van der Waals surface area contributed by atoms with Crippen molar-refractivity contribution in [2.75, 3.05) is 5.32 Å². The van der Waals surface area contributed by atoms with Gasteiger partial charge in [-0.3, -0.25) is 4.79 Å². The largest absolute Gasteiger partial charge is 0.321 e. The Labute approximate surface area is 125 Å². The molecule has 0 atom stereocenters. The number of anilines is 1. The molecule has 0 spiro atoms.